The fourth-order valence-corrected chi connectivity index (χ4v) is 3.83. The molecule has 4 rings (SSSR count). The van der Waals surface area contributed by atoms with Crippen molar-refractivity contribution in [1.29, 1.82) is 0 Å². The van der Waals surface area contributed by atoms with Crippen molar-refractivity contribution in [2.45, 2.75) is 0 Å². The van der Waals surface area contributed by atoms with Crippen LogP contribution in [0.5, 0.6) is 0 Å². The van der Waals surface area contributed by atoms with Gasteiger partial charge in [0.1, 0.15) is 5.69 Å². The van der Waals surface area contributed by atoms with Crippen molar-refractivity contribution < 1.29 is 14.3 Å². The summed E-state index contributed by atoms with van der Waals surface area (Å²) in [6.45, 7) is 3.97. The molecule has 0 aliphatic carbocycles. The van der Waals surface area contributed by atoms with Gasteiger partial charge in [-0.1, -0.05) is 30.3 Å². The number of nitrogens with zero attached hydrogens (tertiary/aromatic N) is 2. The molecule has 3 aromatic rings. The summed E-state index contributed by atoms with van der Waals surface area (Å²) in [5.74, 6) is -0.00111. The van der Waals surface area contributed by atoms with Crippen molar-refractivity contribution in [3.05, 3.63) is 48.2 Å². The molecule has 2 amide bonds. The standard InChI is InChI=1S/C22H26N4O3/c1-29-13-8-23-21(27)15-25-9-11-26(12-10-25)22(28)20-14-18-17-5-3-2-4-16(17)6-7-19(18)24-20/h2-7,14,24H,8-13,15H2,1H3,(H,23,27). The molecule has 0 spiro atoms. The van der Waals surface area contributed by atoms with Gasteiger partial charge < -0.3 is 19.9 Å². The van der Waals surface area contributed by atoms with Crippen molar-refractivity contribution in [1.82, 2.24) is 20.1 Å². The minimum Gasteiger partial charge on any atom is -0.383 e. The third kappa shape index (κ3) is 4.26. The number of rotatable bonds is 6. The highest BCUT2D eigenvalue weighted by Crippen LogP contribution is 2.26. The summed E-state index contributed by atoms with van der Waals surface area (Å²) in [4.78, 5) is 32.1. The number of amides is 2. The third-order valence-corrected chi connectivity index (χ3v) is 5.41. The predicted octanol–water partition coefficient (Wildman–Crippen LogP) is 1.84. The Morgan fingerprint density at radius 2 is 1.86 bits per heavy atom. The second-order valence-electron chi connectivity index (χ2n) is 7.34. The molecule has 0 atom stereocenters. The van der Waals surface area contributed by atoms with E-state index in [9.17, 15) is 9.59 Å². The van der Waals surface area contributed by atoms with Gasteiger partial charge in [-0.3, -0.25) is 14.5 Å². The van der Waals surface area contributed by atoms with E-state index < -0.39 is 0 Å². The van der Waals surface area contributed by atoms with Crippen LogP contribution in [0, 0.1) is 0 Å². The van der Waals surface area contributed by atoms with Gasteiger partial charge in [0.25, 0.3) is 5.91 Å². The monoisotopic (exact) mass is 394 g/mol. The summed E-state index contributed by atoms with van der Waals surface area (Å²) in [7, 11) is 1.61. The zero-order chi connectivity index (χ0) is 20.2. The molecule has 0 unspecified atom stereocenters. The lowest BCUT2D eigenvalue weighted by atomic mass is 10.1. The SMILES string of the molecule is COCCNC(=O)CN1CCN(C(=O)c2cc3c(ccc4ccccc43)[nH]2)CC1. The number of carbonyl (C=O) groups is 2. The molecule has 1 aliphatic rings. The molecule has 2 aromatic carbocycles. The van der Waals surface area contributed by atoms with E-state index in [0.717, 1.165) is 21.7 Å². The fourth-order valence-electron chi connectivity index (χ4n) is 3.83. The van der Waals surface area contributed by atoms with E-state index in [-0.39, 0.29) is 11.8 Å². The molecule has 29 heavy (non-hydrogen) atoms. The highest BCUT2D eigenvalue weighted by molar-refractivity contribution is 6.09. The quantitative estimate of drug-likeness (QED) is 0.626. The smallest absolute Gasteiger partial charge is 0.270 e. The number of ether oxygens (including phenoxy) is 1. The number of aromatic nitrogens is 1. The first kappa shape index (κ1) is 19.4. The van der Waals surface area contributed by atoms with Crippen LogP contribution < -0.4 is 5.32 Å². The van der Waals surface area contributed by atoms with Crippen molar-refractivity contribution >= 4 is 33.5 Å². The van der Waals surface area contributed by atoms with Crippen LogP contribution in [-0.2, 0) is 9.53 Å². The summed E-state index contributed by atoms with van der Waals surface area (Å²) < 4.78 is 4.93. The molecule has 7 nitrogen and oxygen atoms in total. The maximum Gasteiger partial charge on any atom is 0.270 e. The summed E-state index contributed by atoms with van der Waals surface area (Å²) in [6.07, 6.45) is 0. The van der Waals surface area contributed by atoms with Crippen LogP contribution in [0.25, 0.3) is 21.7 Å². The molecule has 0 saturated carbocycles. The third-order valence-electron chi connectivity index (χ3n) is 5.41. The van der Waals surface area contributed by atoms with Gasteiger partial charge >= 0.3 is 0 Å². The predicted molar refractivity (Wildman–Crippen MR) is 113 cm³/mol. The minimum atomic E-state index is -0.00989. The highest BCUT2D eigenvalue weighted by atomic mass is 16.5. The van der Waals surface area contributed by atoms with Crippen LogP contribution in [0.15, 0.2) is 42.5 Å². The molecule has 1 saturated heterocycles. The topological polar surface area (TPSA) is 77.7 Å². The normalized spacial score (nSPS) is 15.1. The van der Waals surface area contributed by atoms with Crippen LogP contribution in [0.3, 0.4) is 0 Å². The van der Waals surface area contributed by atoms with E-state index in [1.165, 1.54) is 0 Å². The van der Waals surface area contributed by atoms with Gasteiger partial charge in [0.15, 0.2) is 0 Å². The molecule has 152 valence electrons. The second kappa shape index (κ2) is 8.63. The Bertz CT molecular complexity index is 1020. The summed E-state index contributed by atoms with van der Waals surface area (Å²) >= 11 is 0. The van der Waals surface area contributed by atoms with E-state index in [0.29, 0.717) is 51.6 Å². The average Bonchev–Trinajstić information content (AvgIpc) is 3.19. The molecule has 2 N–H and O–H groups in total. The van der Waals surface area contributed by atoms with Crippen molar-refractivity contribution in [2.24, 2.45) is 0 Å². The first-order chi connectivity index (χ1) is 14.2. The van der Waals surface area contributed by atoms with Crippen molar-refractivity contribution in [3.8, 4) is 0 Å². The Kier molecular flexibility index (Phi) is 5.78. The average molecular weight is 394 g/mol. The summed E-state index contributed by atoms with van der Waals surface area (Å²) in [5, 5.41) is 6.20. The molecule has 2 heterocycles. The van der Waals surface area contributed by atoms with E-state index in [1.54, 1.807) is 7.11 Å². The molecule has 0 bridgehead atoms. The second-order valence-corrected chi connectivity index (χ2v) is 7.34. The molecular weight excluding hydrogens is 368 g/mol. The van der Waals surface area contributed by atoms with Gasteiger partial charge in [-0.2, -0.15) is 0 Å². The number of benzene rings is 2. The maximum atomic E-state index is 13.0. The number of nitrogens with one attached hydrogen (secondary N) is 2. The van der Waals surface area contributed by atoms with E-state index in [4.69, 9.17) is 4.74 Å². The number of hydrogen-bond acceptors (Lipinski definition) is 4. The van der Waals surface area contributed by atoms with Crippen molar-refractivity contribution in [3.63, 3.8) is 0 Å². The van der Waals surface area contributed by atoms with Gasteiger partial charge in [0, 0.05) is 50.7 Å². The highest BCUT2D eigenvalue weighted by Gasteiger charge is 2.24. The number of methoxy groups -OCH3 is 1. The van der Waals surface area contributed by atoms with Crippen LogP contribution in [0.2, 0.25) is 0 Å². The van der Waals surface area contributed by atoms with E-state index in [1.807, 2.05) is 29.2 Å². The lowest BCUT2D eigenvalue weighted by Gasteiger charge is -2.34. The Morgan fingerprint density at radius 1 is 1.07 bits per heavy atom. The largest absolute Gasteiger partial charge is 0.383 e. The first-order valence-corrected chi connectivity index (χ1v) is 9.93. The van der Waals surface area contributed by atoms with Crippen LogP contribution in [0.1, 0.15) is 10.5 Å². The summed E-state index contributed by atoms with van der Waals surface area (Å²) in [6, 6.07) is 14.2. The Balaban J connectivity index is 1.38. The first-order valence-electron chi connectivity index (χ1n) is 9.93. The van der Waals surface area contributed by atoms with E-state index in [2.05, 4.69) is 33.4 Å². The fraction of sp³-hybridized carbons (Fsp3) is 0.364. The molecular formula is C22H26N4O3. The summed E-state index contributed by atoms with van der Waals surface area (Å²) in [5.41, 5.74) is 1.58. The molecule has 7 heteroatoms. The lowest BCUT2D eigenvalue weighted by molar-refractivity contribution is -0.122. The van der Waals surface area contributed by atoms with Crippen LogP contribution in [0.4, 0.5) is 0 Å². The van der Waals surface area contributed by atoms with Gasteiger partial charge in [-0.15, -0.1) is 0 Å². The minimum absolute atomic E-state index is 0.00878. The number of aromatic amines is 1. The lowest BCUT2D eigenvalue weighted by Crippen LogP contribution is -2.51. The van der Waals surface area contributed by atoms with E-state index >= 15 is 0 Å². The van der Waals surface area contributed by atoms with Gasteiger partial charge in [-0.05, 0) is 22.9 Å². The van der Waals surface area contributed by atoms with Gasteiger partial charge in [-0.25, -0.2) is 0 Å². The molecule has 1 aliphatic heterocycles. The van der Waals surface area contributed by atoms with Gasteiger partial charge in [0.2, 0.25) is 5.91 Å². The Morgan fingerprint density at radius 3 is 2.66 bits per heavy atom. The molecule has 1 aromatic heterocycles. The number of H-pyrrole nitrogens is 1. The van der Waals surface area contributed by atoms with Crippen LogP contribution >= 0.6 is 0 Å². The number of carbonyl (C=O) groups excluding carboxylic acids is 2. The molecule has 0 radical (unpaired) electrons. The maximum absolute atomic E-state index is 13.0. The van der Waals surface area contributed by atoms with Crippen LogP contribution in [-0.4, -0.2) is 79.6 Å². The number of piperazine rings is 1. The van der Waals surface area contributed by atoms with Crippen molar-refractivity contribution in [2.75, 3.05) is 53.0 Å². The molecule has 1 fully saturated rings. The number of hydrogen-bond donors (Lipinski definition) is 2. The van der Waals surface area contributed by atoms with Gasteiger partial charge in [0.05, 0.1) is 13.2 Å². The number of fused-ring (bicyclic) bond motifs is 3. The Hall–Kier alpha value is -2.90. The zero-order valence-corrected chi connectivity index (χ0v) is 16.6. The zero-order valence-electron chi connectivity index (χ0n) is 16.6. The Labute approximate surface area is 169 Å².